The van der Waals surface area contributed by atoms with Crippen LogP contribution in [0.2, 0.25) is 0 Å². The highest BCUT2D eigenvalue weighted by Crippen LogP contribution is 2.35. The molecular weight excluding hydrogens is 326 g/mol. The summed E-state index contributed by atoms with van der Waals surface area (Å²) in [5, 5.41) is 7.66. The van der Waals surface area contributed by atoms with Crippen LogP contribution < -0.4 is 0 Å². The van der Waals surface area contributed by atoms with E-state index in [-0.39, 0.29) is 0 Å². The zero-order valence-electron chi connectivity index (χ0n) is 15.6. The van der Waals surface area contributed by atoms with Crippen LogP contribution in [0.25, 0.3) is 55.5 Å². The normalized spacial score (nSPS) is 12.5. The number of benzene rings is 4. The zero-order chi connectivity index (χ0) is 18.4. The van der Waals surface area contributed by atoms with E-state index in [1.165, 1.54) is 54.5 Å². The molecule has 130 valence electrons. The first-order chi connectivity index (χ1) is 13.3. The van der Waals surface area contributed by atoms with Gasteiger partial charge >= 0.3 is 0 Å². The Bertz CT molecular complexity index is 1270. The molecule has 4 aromatic carbocycles. The highest BCUT2D eigenvalue weighted by Gasteiger charge is 2.10. The molecule has 0 atom stereocenters. The van der Waals surface area contributed by atoms with Crippen LogP contribution >= 0.6 is 0 Å². The summed E-state index contributed by atoms with van der Waals surface area (Å²) in [6, 6.07) is 22.3. The van der Waals surface area contributed by atoms with Crippen molar-refractivity contribution in [3.63, 3.8) is 0 Å². The molecule has 0 saturated heterocycles. The Hall–Kier alpha value is -3.32. The summed E-state index contributed by atoms with van der Waals surface area (Å²) in [6.07, 6.45) is 8.45. The van der Waals surface area contributed by atoms with Crippen LogP contribution in [0.3, 0.4) is 0 Å². The minimum Gasteiger partial charge on any atom is -0.353 e. The number of allylic oxidation sites excluding steroid dienone is 2. The molecule has 0 spiro atoms. The first kappa shape index (κ1) is 15.9. The van der Waals surface area contributed by atoms with Crippen LogP contribution in [-0.4, -0.2) is 4.98 Å². The number of rotatable bonds is 2. The van der Waals surface area contributed by atoms with Gasteiger partial charge in [0.05, 0.1) is 11.0 Å². The van der Waals surface area contributed by atoms with Crippen molar-refractivity contribution in [3.05, 3.63) is 83.9 Å². The standard InChI is InChI=1S/C26H21N/c1-3-5-17-7-11-21-19(15-17)9-13-23-24-14-10-20-16-18(6-4-2)8-12-22(20)26(24)27-25(21)23/h3-16,27H,1-2H3/b5-3+,6-4+. The smallest absolute Gasteiger partial charge is 0.0544 e. The van der Waals surface area contributed by atoms with Gasteiger partial charge in [-0.25, -0.2) is 0 Å². The van der Waals surface area contributed by atoms with E-state index in [1.807, 2.05) is 0 Å². The average molecular weight is 347 g/mol. The monoisotopic (exact) mass is 347 g/mol. The molecule has 0 aliphatic heterocycles. The lowest BCUT2D eigenvalue weighted by molar-refractivity contribution is 1.58. The predicted molar refractivity (Wildman–Crippen MR) is 120 cm³/mol. The SMILES string of the molecule is C/C=C/c1ccc2c(ccc3c4ccc5cc(/C=C/C)ccc5c4[nH]c23)c1. The highest BCUT2D eigenvalue weighted by molar-refractivity contribution is 6.22. The zero-order valence-corrected chi connectivity index (χ0v) is 15.6. The van der Waals surface area contributed by atoms with Gasteiger partial charge in [-0.2, -0.15) is 0 Å². The first-order valence-electron chi connectivity index (χ1n) is 9.45. The van der Waals surface area contributed by atoms with E-state index in [4.69, 9.17) is 0 Å². The van der Waals surface area contributed by atoms with E-state index in [9.17, 15) is 0 Å². The molecule has 0 aliphatic carbocycles. The molecule has 0 aliphatic rings. The molecule has 1 aromatic heterocycles. The minimum atomic E-state index is 1.22. The maximum absolute atomic E-state index is 3.73. The fraction of sp³-hybridized carbons (Fsp3) is 0.0769. The average Bonchev–Trinajstić information content (AvgIpc) is 3.07. The lowest BCUT2D eigenvalue weighted by atomic mass is 10.0. The van der Waals surface area contributed by atoms with Gasteiger partial charge in [0.25, 0.3) is 0 Å². The van der Waals surface area contributed by atoms with Crippen molar-refractivity contribution < 1.29 is 0 Å². The van der Waals surface area contributed by atoms with Crippen molar-refractivity contribution >= 4 is 55.5 Å². The third kappa shape index (κ3) is 2.47. The molecule has 0 saturated carbocycles. The van der Waals surface area contributed by atoms with Gasteiger partial charge in [-0.1, -0.05) is 72.8 Å². The minimum absolute atomic E-state index is 1.22. The maximum atomic E-state index is 3.73. The summed E-state index contributed by atoms with van der Waals surface area (Å²) in [6.45, 7) is 4.11. The van der Waals surface area contributed by atoms with Gasteiger partial charge in [0, 0.05) is 21.5 Å². The van der Waals surface area contributed by atoms with Crippen molar-refractivity contribution in [2.24, 2.45) is 0 Å². The Morgan fingerprint density at radius 2 is 1.00 bits per heavy atom. The molecule has 1 N–H and O–H groups in total. The second-order valence-corrected chi connectivity index (χ2v) is 7.06. The van der Waals surface area contributed by atoms with Crippen molar-refractivity contribution in [3.8, 4) is 0 Å². The van der Waals surface area contributed by atoms with E-state index in [2.05, 4.69) is 104 Å². The van der Waals surface area contributed by atoms with Gasteiger partial charge in [-0.3, -0.25) is 0 Å². The summed E-state index contributed by atoms with van der Waals surface area (Å²) in [7, 11) is 0. The van der Waals surface area contributed by atoms with Crippen LogP contribution in [-0.2, 0) is 0 Å². The molecule has 0 bridgehead atoms. The van der Waals surface area contributed by atoms with Crippen molar-refractivity contribution in [1.82, 2.24) is 4.98 Å². The van der Waals surface area contributed by atoms with Crippen LogP contribution in [0.1, 0.15) is 25.0 Å². The van der Waals surface area contributed by atoms with E-state index in [0.29, 0.717) is 0 Å². The molecule has 0 unspecified atom stereocenters. The molecular formula is C26H21N. The second kappa shape index (κ2) is 6.14. The van der Waals surface area contributed by atoms with Crippen LogP contribution in [0, 0.1) is 0 Å². The number of aromatic amines is 1. The van der Waals surface area contributed by atoms with Gasteiger partial charge < -0.3 is 4.98 Å². The second-order valence-electron chi connectivity index (χ2n) is 7.06. The lowest BCUT2D eigenvalue weighted by Crippen LogP contribution is -1.78. The third-order valence-corrected chi connectivity index (χ3v) is 5.35. The lowest BCUT2D eigenvalue weighted by Gasteiger charge is -2.02. The Morgan fingerprint density at radius 1 is 0.556 bits per heavy atom. The fourth-order valence-corrected chi connectivity index (χ4v) is 4.13. The number of hydrogen-bond donors (Lipinski definition) is 1. The molecule has 1 nitrogen and oxygen atoms in total. The van der Waals surface area contributed by atoms with Gasteiger partial charge in [0.1, 0.15) is 0 Å². The predicted octanol–water partition coefficient (Wildman–Crippen LogP) is 7.69. The molecule has 1 heteroatoms. The number of fused-ring (bicyclic) bond motifs is 7. The summed E-state index contributed by atoms with van der Waals surface area (Å²) < 4.78 is 0. The summed E-state index contributed by atoms with van der Waals surface area (Å²) in [5.41, 5.74) is 4.92. The van der Waals surface area contributed by atoms with E-state index in [0.717, 1.165) is 0 Å². The molecule has 5 aromatic rings. The van der Waals surface area contributed by atoms with Gasteiger partial charge in [-0.05, 0) is 47.9 Å². The van der Waals surface area contributed by atoms with Gasteiger partial charge in [0.2, 0.25) is 0 Å². The van der Waals surface area contributed by atoms with E-state index in [1.54, 1.807) is 0 Å². The Morgan fingerprint density at radius 3 is 1.44 bits per heavy atom. The van der Waals surface area contributed by atoms with E-state index < -0.39 is 0 Å². The number of aromatic nitrogens is 1. The Balaban J connectivity index is 1.84. The van der Waals surface area contributed by atoms with E-state index >= 15 is 0 Å². The summed E-state index contributed by atoms with van der Waals surface area (Å²) in [4.78, 5) is 3.73. The number of nitrogens with one attached hydrogen (secondary N) is 1. The fourth-order valence-electron chi connectivity index (χ4n) is 4.13. The topological polar surface area (TPSA) is 15.8 Å². The Labute approximate surface area is 158 Å². The van der Waals surface area contributed by atoms with Crippen molar-refractivity contribution in [2.75, 3.05) is 0 Å². The molecule has 0 amide bonds. The van der Waals surface area contributed by atoms with Crippen LogP contribution in [0.4, 0.5) is 0 Å². The largest absolute Gasteiger partial charge is 0.353 e. The number of hydrogen-bond acceptors (Lipinski definition) is 0. The maximum Gasteiger partial charge on any atom is 0.0544 e. The molecule has 5 rings (SSSR count). The number of H-pyrrole nitrogens is 1. The molecule has 27 heavy (non-hydrogen) atoms. The van der Waals surface area contributed by atoms with Crippen LogP contribution in [0.5, 0.6) is 0 Å². The van der Waals surface area contributed by atoms with Crippen molar-refractivity contribution in [1.29, 1.82) is 0 Å². The quantitative estimate of drug-likeness (QED) is 0.337. The summed E-state index contributed by atoms with van der Waals surface area (Å²) in [5.74, 6) is 0. The third-order valence-electron chi connectivity index (χ3n) is 5.35. The molecule has 1 heterocycles. The Kier molecular flexibility index (Phi) is 3.61. The van der Waals surface area contributed by atoms with Gasteiger partial charge in [-0.15, -0.1) is 0 Å². The molecule has 0 radical (unpaired) electrons. The van der Waals surface area contributed by atoms with Crippen LogP contribution in [0.15, 0.2) is 72.8 Å². The van der Waals surface area contributed by atoms with Crippen molar-refractivity contribution in [2.45, 2.75) is 13.8 Å². The summed E-state index contributed by atoms with van der Waals surface area (Å²) >= 11 is 0. The first-order valence-corrected chi connectivity index (χ1v) is 9.45. The molecule has 0 fully saturated rings. The highest BCUT2D eigenvalue weighted by atomic mass is 14.7. The van der Waals surface area contributed by atoms with Gasteiger partial charge in [0.15, 0.2) is 0 Å².